The maximum absolute atomic E-state index is 12.9. The molecule has 0 fully saturated rings. The van der Waals surface area contributed by atoms with E-state index in [2.05, 4.69) is 10.3 Å². The highest BCUT2D eigenvalue weighted by Gasteiger charge is 2.20. The quantitative estimate of drug-likeness (QED) is 0.459. The van der Waals surface area contributed by atoms with E-state index in [0.717, 1.165) is 17.7 Å². The van der Waals surface area contributed by atoms with Gasteiger partial charge in [0, 0.05) is 24.4 Å². The van der Waals surface area contributed by atoms with Gasteiger partial charge in [-0.1, -0.05) is 18.2 Å². The van der Waals surface area contributed by atoms with Crippen molar-refractivity contribution in [1.82, 2.24) is 10.3 Å². The van der Waals surface area contributed by atoms with Crippen LogP contribution in [0.15, 0.2) is 92.2 Å². The summed E-state index contributed by atoms with van der Waals surface area (Å²) in [6.45, 7) is 0.165. The Bertz CT molecular complexity index is 1490. The highest BCUT2D eigenvalue weighted by atomic mass is 32.2. The summed E-state index contributed by atoms with van der Waals surface area (Å²) in [5.41, 5.74) is 1.19. The number of carbonyl (C=O) groups is 1. The van der Waals surface area contributed by atoms with Crippen molar-refractivity contribution >= 4 is 36.6 Å². The molecule has 4 rings (SSSR count). The largest absolute Gasteiger partial charge is 0.449 e. The Morgan fingerprint density at radius 3 is 2.34 bits per heavy atom. The topological polar surface area (TPSA) is 123 Å². The van der Waals surface area contributed by atoms with Crippen molar-refractivity contribution in [2.75, 3.05) is 6.26 Å². The van der Waals surface area contributed by atoms with Crippen LogP contribution in [0.1, 0.15) is 16.1 Å². The number of pyridine rings is 1. The summed E-state index contributed by atoms with van der Waals surface area (Å²) in [6, 6.07) is 14.6. The highest BCUT2D eigenvalue weighted by Crippen LogP contribution is 2.24. The minimum Gasteiger partial charge on any atom is -0.449 e. The number of carbonyl (C=O) groups excluding carboxylic acids is 1. The molecule has 10 heteroatoms. The van der Waals surface area contributed by atoms with Gasteiger partial charge in [0.25, 0.3) is 5.91 Å². The average molecular weight is 471 g/mol. The number of sulfone groups is 2. The van der Waals surface area contributed by atoms with Crippen molar-refractivity contribution in [1.29, 1.82) is 0 Å². The van der Waals surface area contributed by atoms with Crippen molar-refractivity contribution in [3.8, 4) is 0 Å². The Kier molecular flexibility index (Phi) is 5.57. The van der Waals surface area contributed by atoms with Crippen molar-refractivity contribution in [2.45, 2.75) is 21.2 Å². The fourth-order valence-electron chi connectivity index (χ4n) is 3.06. The van der Waals surface area contributed by atoms with Crippen LogP contribution in [-0.2, 0) is 26.2 Å². The monoisotopic (exact) mass is 470 g/mol. The standard InChI is InChI=1S/C22H18N2O6S2/c1-31(26,27)18-3-2-4-19(12-18)32(28,29)17-7-5-15(6-8-17)13-24-22(25)20-11-16-9-10-23-14-21(16)30-20/h2-12,14H,13H2,1H3,(H,24,25). The summed E-state index contributed by atoms with van der Waals surface area (Å²) in [6.07, 6.45) is 4.15. The number of nitrogens with zero attached hydrogens (tertiary/aromatic N) is 1. The second-order valence-corrected chi connectivity index (χ2v) is 11.1. The summed E-state index contributed by atoms with van der Waals surface area (Å²) in [5, 5.41) is 3.48. The third-order valence-electron chi connectivity index (χ3n) is 4.78. The van der Waals surface area contributed by atoms with Gasteiger partial charge >= 0.3 is 0 Å². The number of nitrogens with one attached hydrogen (secondary N) is 1. The fraction of sp³-hybridized carbons (Fsp3) is 0.0909. The molecular formula is C22H18N2O6S2. The number of hydrogen-bond donors (Lipinski definition) is 1. The van der Waals surface area contributed by atoms with E-state index in [4.69, 9.17) is 4.42 Å². The van der Waals surface area contributed by atoms with Gasteiger partial charge in [-0.05, 0) is 48.0 Å². The number of furan rings is 1. The van der Waals surface area contributed by atoms with Gasteiger partial charge in [0.15, 0.2) is 21.2 Å². The lowest BCUT2D eigenvalue weighted by Gasteiger charge is -2.08. The van der Waals surface area contributed by atoms with E-state index in [1.54, 1.807) is 30.5 Å². The molecule has 0 spiro atoms. The third kappa shape index (κ3) is 4.41. The first-order valence-corrected chi connectivity index (χ1v) is 12.8. The van der Waals surface area contributed by atoms with Crippen molar-refractivity contribution in [2.24, 2.45) is 0 Å². The maximum Gasteiger partial charge on any atom is 0.287 e. The molecule has 0 unspecified atom stereocenters. The first-order chi connectivity index (χ1) is 15.1. The Balaban J connectivity index is 1.48. The smallest absolute Gasteiger partial charge is 0.287 e. The van der Waals surface area contributed by atoms with Crippen LogP contribution >= 0.6 is 0 Å². The van der Waals surface area contributed by atoms with Crippen molar-refractivity contribution in [3.63, 3.8) is 0 Å². The Morgan fingerprint density at radius 1 is 0.938 bits per heavy atom. The van der Waals surface area contributed by atoms with E-state index in [-0.39, 0.29) is 27.0 Å². The molecule has 2 heterocycles. The fourth-order valence-corrected chi connectivity index (χ4v) is 5.11. The van der Waals surface area contributed by atoms with Crippen molar-refractivity contribution < 1.29 is 26.0 Å². The average Bonchev–Trinajstić information content (AvgIpc) is 3.22. The minimum absolute atomic E-state index is 0.0167. The zero-order valence-electron chi connectivity index (χ0n) is 16.8. The number of amides is 1. The van der Waals surface area contributed by atoms with Crippen LogP contribution in [0.5, 0.6) is 0 Å². The molecule has 0 saturated carbocycles. The van der Waals surface area contributed by atoms with Crippen molar-refractivity contribution in [3.05, 3.63) is 84.4 Å². The second kappa shape index (κ2) is 8.21. The molecule has 2 aromatic heterocycles. The Hall–Kier alpha value is -3.50. The predicted octanol–water partition coefficient (Wildman–Crippen LogP) is 2.99. The lowest BCUT2D eigenvalue weighted by Crippen LogP contribution is -2.22. The van der Waals surface area contributed by atoms with E-state index in [1.807, 2.05) is 0 Å². The number of rotatable bonds is 6. The molecule has 0 saturated heterocycles. The highest BCUT2D eigenvalue weighted by molar-refractivity contribution is 7.92. The van der Waals surface area contributed by atoms with Gasteiger partial charge in [-0.3, -0.25) is 9.78 Å². The zero-order chi connectivity index (χ0) is 22.9. The zero-order valence-corrected chi connectivity index (χ0v) is 18.5. The van der Waals surface area contributed by atoms with Crippen LogP contribution in [0.2, 0.25) is 0 Å². The molecule has 0 atom stereocenters. The van der Waals surface area contributed by atoms with Gasteiger partial charge in [0.2, 0.25) is 9.84 Å². The normalized spacial score (nSPS) is 12.0. The minimum atomic E-state index is -3.90. The second-order valence-electron chi connectivity index (χ2n) is 7.10. The van der Waals surface area contributed by atoms with Gasteiger partial charge in [0.1, 0.15) is 0 Å². The summed E-state index contributed by atoms with van der Waals surface area (Å²) in [7, 11) is -7.44. The molecule has 2 aromatic carbocycles. The SMILES string of the molecule is CS(=O)(=O)c1cccc(S(=O)(=O)c2ccc(CNC(=O)c3cc4ccncc4o3)cc2)c1. The molecule has 1 N–H and O–H groups in total. The summed E-state index contributed by atoms with van der Waals surface area (Å²) < 4.78 is 54.7. The number of fused-ring (bicyclic) bond motifs is 1. The van der Waals surface area contributed by atoms with Gasteiger partial charge in [-0.15, -0.1) is 0 Å². The predicted molar refractivity (Wildman–Crippen MR) is 117 cm³/mol. The molecule has 0 bridgehead atoms. The van der Waals surface area contributed by atoms with E-state index in [9.17, 15) is 21.6 Å². The summed E-state index contributed by atoms with van der Waals surface area (Å²) >= 11 is 0. The lowest BCUT2D eigenvalue weighted by molar-refractivity contribution is 0.0925. The van der Waals surface area contributed by atoms with Crippen LogP contribution in [-0.4, -0.2) is 34.0 Å². The van der Waals surface area contributed by atoms with Gasteiger partial charge in [0.05, 0.1) is 20.9 Å². The maximum atomic E-state index is 12.9. The molecule has 1 amide bonds. The van der Waals surface area contributed by atoms with E-state index < -0.39 is 25.6 Å². The van der Waals surface area contributed by atoms with E-state index >= 15 is 0 Å². The number of aromatic nitrogens is 1. The molecule has 8 nitrogen and oxygen atoms in total. The number of hydrogen-bond acceptors (Lipinski definition) is 7. The Labute approximate surface area is 184 Å². The molecular weight excluding hydrogens is 452 g/mol. The first-order valence-electron chi connectivity index (χ1n) is 9.40. The van der Waals surface area contributed by atoms with Crippen LogP contribution in [0.4, 0.5) is 0 Å². The molecule has 0 aliphatic carbocycles. The van der Waals surface area contributed by atoms with Crippen LogP contribution in [0.3, 0.4) is 0 Å². The molecule has 32 heavy (non-hydrogen) atoms. The van der Waals surface area contributed by atoms with Gasteiger partial charge in [-0.2, -0.15) is 0 Å². The van der Waals surface area contributed by atoms with Crippen LogP contribution in [0, 0.1) is 0 Å². The third-order valence-corrected chi connectivity index (χ3v) is 7.65. The molecule has 164 valence electrons. The first kappa shape index (κ1) is 21.7. The van der Waals surface area contributed by atoms with Crippen LogP contribution < -0.4 is 5.32 Å². The lowest BCUT2D eigenvalue weighted by atomic mass is 10.2. The van der Waals surface area contributed by atoms with E-state index in [0.29, 0.717) is 11.1 Å². The summed E-state index contributed by atoms with van der Waals surface area (Å²) in [4.78, 5) is 16.1. The Morgan fingerprint density at radius 2 is 1.66 bits per heavy atom. The molecule has 4 aromatic rings. The van der Waals surface area contributed by atoms with Gasteiger partial charge in [-0.25, -0.2) is 16.8 Å². The molecule has 0 aliphatic heterocycles. The number of benzene rings is 2. The van der Waals surface area contributed by atoms with E-state index in [1.165, 1.54) is 36.5 Å². The molecule has 0 radical (unpaired) electrons. The van der Waals surface area contributed by atoms with Crippen LogP contribution in [0.25, 0.3) is 11.0 Å². The summed E-state index contributed by atoms with van der Waals surface area (Å²) in [5.74, 6) is -0.256. The van der Waals surface area contributed by atoms with Gasteiger partial charge < -0.3 is 9.73 Å². The molecule has 0 aliphatic rings.